The summed E-state index contributed by atoms with van der Waals surface area (Å²) in [5, 5.41) is 14.4. The maximum Gasteiger partial charge on any atom is 0.389 e. The number of benzene rings is 1. The molecule has 0 bridgehead atoms. The van der Waals surface area contributed by atoms with Gasteiger partial charge < -0.3 is 15.0 Å². The average Bonchev–Trinajstić information content (AvgIpc) is 3.11. The molecule has 8 heteroatoms. The Morgan fingerprint density at radius 1 is 1.16 bits per heavy atom. The lowest BCUT2D eigenvalue weighted by molar-refractivity contribution is -0.389. The topological polar surface area (TPSA) is 98.3 Å². The molecule has 1 amide bonds. The molecule has 8 nitrogen and oxygen atoms in total. The van der Waals surface area contributed by atoms with Crippen molar-refractivity contribution in [1.82, 2.24) is 14.7 Å². The van der Waals surface area contributed by atoms with Crippen molar-refractivity contribution in [3.63, 3.8) is 0 Å². The van der Waals surface area contributed by atoms with Gasteiger partial charge in [-0.2, -0.15) is 4.68 Å². The van der Waals surface area contributed by atoms with Gasteiger partial charge in [0.15, 0.2) is 5.78 Å². The summed E-state index contributed by atoms with van der Waals surface area (Å²) in [5.74, 6) is -0.379. The predicted molar refractivity (Wildman–Crippen MR) is 89.0 cm³/mol. The Bertz CT molecular complexity index is 779. The number of Topliss-reactive ketones (excluding diaryl/α,β-unsaturated/α-hetero) is 1. The van der Waals surface area contributed by atoms with Crippen LogP contribution in [0.4, 0.5) is 5.82 Å². The van der Waals surface area contributed by atoms with Gasteiger partial charge in [-0.15, -0.1) is 0 Å². The van der Waals surface area contributed by atoms with Crippen LogP contribution in [0.1, 0.15) is 23.2 Å². The zero-order chi connectivity index (χ0) is 17.8. The molecular weight excluding hydrogens is 324 g/mol. The maximum atomic E-state index is 12.5. The first-order chi connectivity index (χ1) is 12.0. The van der Waals surface area contributed by atoms with Crippen LogP contribution in [-0.2, 0) is 11.3 Å². The number of likely N-dealkylation sites (tertiary alicyclic amines) is 1. The number of carbonyl (C=O) groups is 2. The average molecular weight is 342 g/mol. The molecule has 0 radical (unpaired) electrons. The first-order valence-corrected chi connectivity index (χ1v) is 8.09. The standard InChI is InChI=1S/C17H18N4O4/c22-16(12-20-11-8-15(18-20)21(24)25)19-9-6-14(7-10-19)17(23)13-4-2-1-3-5-13/h1-5,8,11,14H,6-7,9-10,12H2. The van der Waals surface area contributed by atoms with Gasteiger partial charge in [0.25, 0.3) is 0 Å². The third kappa shape index (κ3) is 3.90. The van der Waals surface area contributed by atoms with Crippen molar-refractivity contribution >= 4 is 17.5 Å². The summed E-state index contributed by atoms with van der Waals surface area (Å²) >= 11 is 0. The number of amides is 1. The van der Waals surface area contributed by atoms with Crippen molar-refractivity contribution in [2.24, 2.45) is 5.92 Å². The van der Waals surface area contributed by atoms with E-state index in [-0.39, 0.29) is 30.0 Å². The van der Waals surface area contributed by atoms with Crippen LogP contribution in [0.15, 0.2) is 42.6 Å². The van der Waals surface area contributed by atoms with Gasteiger partial charge in [0, 0.05) is 24.6 Å². The first-order valence-electron chi connectivity index (χ1n) is 8.09. The van der Waals surface area contributed by atoms with Crippen LogP contribution >= 0.6 is 0 Å². The zero-order valence-corrected chi connectivity index (χ0v) is 13.6. The molecule has 1 aromatic carbocycles. The molecule has 1 aromatic heterocycles. The number of piperidine rings is 1. The van der Waals surface area contributed by atoms with Crippen molar-refractivity contribution in [2.75, 3.05) is 13.1 Å². The van der Waals surface area contributed by atoms with E-state index in [1.807, 2.05) is 30.3 Å². The molecule has 2 aromatic rings. The maximum absolute atomic E-state index is 12.5. The van der Waals surface area contributed by atoms with Crippen molar-refractivity contribution < 1.29 is 14.5 Å². The Morgan fingerprint density at radius 2 is 1.84 bits per heavy atom. The summed E-state index contributed by atoms with van der Waals surface area (Å²) < 4.78 is 1.27. The second-order valence-corrected chi connectivity index (χ2v) is 6.01. The molecule has 0 saturated carbocycles. The SMILES string of the molecule is O=C(c1ccccc1)C1CCN(C(=O)Cn2ccc([N+](=O)[O-])n2)CC1. The molecule has 25 heavy (non-hydrogen) atoms. The summed E-state index contributed by atoms with van der Waals surface area (Å²) in [6.45, 7) is 0.974. The Balaban J connectivity index is 1.53. The molecule has 130 valence electrons. The van der Waals surface area contributed by atoms with Gasteiger partial charge in [0.1, 0.15) is 6.54 Å². The van der Waals surface area contributed by atoms with E-state index in [1.165, 1.54) is 16.9 Å². The summed E-state index contributed by atoms with van der Waals surface area (Å²) in [7, 11) is 0. The number of ketones is 1. The fraction of sp³-hybridized carbons (Fsp3) is 0.353. The van der Waals surface area contributed by atoms with E-state index in [1.54, 1.807) is 4.90 Å². The summed E-state index contributed by atoms with van der Waals surface area (Å²) in [6, 6.07) is 10.4. The molecule has 1 aliphatic rings. The first kappa shape index (κ1) is 16.8. The molecule has 0 aliphatic carbocycles. The minimum Gasteiger partial charge on any atom is -0.358 e. The fourth-order valence-corrected chi connectivity index (χ4v) is 3.00. The molecule has 2 heterocycles. The minimum atomic E-state index is -0.596. The quantitative estimate of drug-likeness (QED) is 0.469. The highest BCUT2D eigenvalue weighted by molar-refractivity contribution is 5.98. The molecular formula is C17H18N4O4. The normalized spacial score (nSPS) is 15.1. The summed E-state index contributed by atoms with van der Waals surface area (Å²) in [6.07, 6.45) is 2.67. The molecule has 0 unspecified atom stereocenters. The molecule has 3 rings (SSSR count). The summed E-state index contributed by atoms with van der Waals surface area (Å²) in [4.78, 5) is 36.5. The number of hydrogen-bond donors (Lipinski definition) is 0. The van der Waals surface area contributed by atoms with Crippen LogP contribution in [-0.4, -0.2) is 44.4 Å². The van der Waals surface area contributed by atoms with Gasteiger partial charge >= 0.3 is 5.82 Å². The lowest BCUT2D eigenvalue weighted by Gasteiger charge is -2.31. The molecule has 1 aliphatic heterocycles. The second kappa shape index (κ2) is 7.25. The van der Waals surface area contributed by atoms with Gasteiger partial charge in [-0.3, -0.25) is 9.59 Å². The predicted octanol–water partition coefficient (Wildman–Crippen LogP) is 1.91. The molecule has 0 spiro atoms. The second-order valence-electron chi connectivity index (χ2n) is 6.01. The van der Waals surface area contributed by atoms with Crippen LogP contribution in [0.5, 0.6) is 0 Å². The lowest BCUT2D eigenvalue weighted by Crippen LogP contribution is -2.41. The molecule has 0 atom stereocenters. The van der Waals surface area contributed by atoms with Gasteiger partial charge in [-0.25, -0.2) is 0 Å². The van der Waals surface area contributed by atoms with Crippen LogP contribution in [0.2, 0.25) is 0 Å². The van der Waals surface area contributed by atoms with Crippen molar-refractivity contribution in [2.45, 2.75) is 19.4 Å². The van der Waals surface area contributed by atoms with E-state index in [9.17, 15) is 19.7 Å². The van der Waals surface area contributed by atoms with Crippen LogP contribution in [0, 0.1) is 16.0 Å². The molecule has 1 fully saturated rings. The lowest BCUT2D eigenvalue weighted by atomic mass is 9.89. The third-order valence-corrected chi connectivity index (χ3v) is 4.39. The summed E-state index contributed by atoms with van der Waals surface area (Å²) in [5.41, 5.74) is 0.705. The monoisotopic (exact) mass is 342 g/mol. The van der Waals surface area contributed by atoms with Crippen LogP contribution in [0.3, 0.4) is 0 Å². The Kier molecular flexibility index (Phi) is 4.87. The van der Waals surface area contributed by atoms with E-state index >= 15 is 0 Å². The Hall–Kier alpha value is -3.03. The van der Waals surface area contributed by atoms with Crippen LogP contribution < -0.4 is 0 Å². The largest absolute Gasteiger partial charge is 0.389 e. The number of nitrogens with zero attached hydrogens (tertiary/aromatic N) is 4. The molecule has 0 N–H and O–H groups in total. The highest BCUT2D eigenvalue weighted by atomic mass is 16.6. The zero-order valence-electron chi connectivity index (χ0n) is 13.6. The molecule has 1 saturated heterocycles. The van der Waals surface area contributed by atoms with E-state index in [2.05, 4.69) is 5.10 Å². The fourth-order valence-electron chi connectivity index (χ4n) is 3.00. The highest BCUT2D eigenvalue weighted by Crippen LogP contribution is 2.22. The Labute approximate surface area is 144 Å². The van der Waals surface area contributed by atoms with Gasteiger partial charge in [-0.05, 0) is 17.8 Å². The van der Waals surface area contributed by atoms with Gasteiger partial charge in [-0.1, -0.05) is 30.3 Å². The van der Waals surface area contributed by atoms with Crippen LogP contribution in [0.25, 0.3) is 0 Å². The number of hydrogen-bond acceptors (Lipinski definition) is 5. The highest BCUT2D eigenvalue weighted by Gasteiger charge is 2.28. The van der Waals surface area contributed by atoms with E-state index in [0.29, 0.717) is 31.5 Å². The van der Waals surface area contributed by atoms with Crippen molar-refractivity contribution in [1.29, 1.82) is 0 Å². The van der Waals surface area contributed by atoms with Crippen molar-refractivity contribution in [3.05, 3.63) is 58.3 Å². The smallest absolute Gasteiger partial charge is 0.358 e. The van der Waals surface area contributed by atoms with E-state index in [4.69, 9.17) is 0 Å². The van der Waals surface area contributed by atoms with E-state index in [0.717, 1.165) is 0 Å². The van der Waals surface area contributed by atoms with Gasteiger partial charge in [0.05, 0.1) is 17.4 Å². The Morgan fingerprint density at radius 3 is 2.44 bits per heavy atom. The third-order valence-electron chi connectivity index (χ3n) is 4.39. The number of carbonyl (C=O) groups excluding carboxylic acids is 2. The van der Waals surface area contributed by atoms with Gasteiger partial charge in [0.2, 0.25) is 5.91 Å². The number of nitro groups is 1. The number of aromatic nitrogens is 2. The van der Waals surface area contributed by atoms with Crippen molar-refractivity contribution in [3.8, 4) is 0 Å². The van der Waals surface area contributed by atoms with E-state index < -0.39 is 4.92 Å². The minimum absolute atomic E-state index is 0.0366. The number of rotatable bonds is 5.